The molecule has 0 fully saturated rings. The van der Waals surface area contributed by atoms with Gasteiger partial charge in [0.25, 0.3) is 0 Å². The molecule has 0 amide bonds. The van der Waals surface area contributed by atoms with Crippen molar-refractivity contribution in [2.75, 3.05) is 0 Å². The summed E-state index contributed by atoms with van der Waals surface area (Å²) in [5.41, 5.74) is 5.92. The molecule has 0 saturated carbocycles. The Morgan fingerprint density at radius 3 is 2.33 bits per heavy atom. The van der Waals surface area contributed by atoms with E-state index in [0.717, 1.165) is 17.8 Å². The Kier molecular flexibility index (Phi) is 5.71. The van der Waals surface area contributed by atoms with Crippen LogP contribution < -0.4 is 4.57 Å². The second kappa shape index (κ2) is 7.57. The van der Waals surface area contributed by atoms with Crippen LogP contribution in [0.15, 0.2) is 54.7 Å². The van der Waals surface area contributed by atoms with Crippen LogP contribution in [0.4, 0.5) is 0 Å². The third-order valence-electron chi connectivity index (χ3n) is 4.08. The summed E-state index contributed by atoms with van der Waals surface area (Å²) in [6.45, 7) is 13.8. The molecule has 2 nitrogen and oxygen atoms in total. The minimum atomic E-state index is 0.146. The average Bonchev–Trinajstić information content (AvgIpc) is 2.62. The quantitative estimate of drug-likeness (QED) is 0.567. The standard InChI is InChI=1S/C20H23N2.C2H6/c1-5-22-14-18(21-17-11-6-7-12-19(17)22)15-9-8-10-16(13-15)20(2,3)4;1-2/h6-14H,5H2,1-4H3;1-2H3/q+1;. The summed E-state index contributed by atoms with van der Waals surface area (Å²) < 4.78 is 2.27. The highest BCUT2D eigenvalue weighted by atomic mass is 15.0. The first-order valence-corrected chi connectivity index (χ1v) is 8.89. The predicted molar refractivity (Wildman–Crippen MR) is 103 cm³/mol. The van der Waals surface area contributed by atoms with Crippen molar-refractivity contribution in [3.63, 3.8) is 0 Å². The van der Waals surface area contributed by atoms with Gasteiger partial charge in [-0.25, -0.2) is 4.98 Å². The molecule has 2 aromatic carbocycles. The highest BCUT2D eigenvalue weighted by Crippen LogP contribution is 2.26. The lowest BCUT2D eigenvalue weighted by Gasteiger charge is -2.19. The first-order valence-electron chi connectivity index (χ1n) is 8.89. The van der Waals surface area contributed by atoms with E-state index in [0.29, 0.717) is 0 Å². The maximum Gasteiger partial charge on any atom is 0.231 e. The van der Waals surface area contributed by atoms with Gasteiger partial charge in [0.05, 0.1) is 0 Å². The van der Waals surface area contributed by atoms with Crippen LogP contribution in [-0.2, 0) is 12.0 Å². The van der Waals surface area contributed by atoms with E-state index in [4.69, 9.17) is 4.98 Å². The molecule has 3 aromatic rings. The number of benzene rings is 2. The molecule has 0 saturated heterocycles. The first kappa shape index (κ1) is 18.1. The van der Waals surface area contributed by atoms with Crippen LogP contribution in [0.1, 0.15) is 47.1 Å². The van der Waals surface area contributed by atoms with E-state index < -0.39 is 0 Å². The molecule has 126 valence electrons. The van der Waals surface area contributed by atoms with Crippen molar-refractivity contribution >= 4 is 11.0 Å². The lowest BCUT2D eigenvalue weighted by molar-refractivity contribution is -0.667. The summed E-state index contributed by atoms with van der Waals surface area (Å²) in [5, 5.41) is 0. The van der Waals surface area contributed by atoms with Crippen LogP contribution >= 0.6 is 0 Å². The molecule has 1 heterocycles. The number of para-hydroxylation sites is 2. The fraction of sp³-hybridized carbons (Fsp3) is 0.364. The highest BCUT2D eigenvalue weighted by Gasteiger charge is 2.16. The zero-order chi connectivity index (χ0) is 17.7. The Balaban J connectivity index is 0.00000100. The van der Waals surface area contributed by atoms with Gasteiger partial charge in [-0.2, -0.15) is 4.57 Å². The summed E-state index contributed by atoms with van der Waals surface area (Å²) in [6, 6.07) is 17.0. The van der Waals surface area contributed by atoms with Crippen LogP contribution in [0.25, 0.3) is 22.3 Å². The summed E-state index contributed by atoms with van der Waals surface area (Å²) in [6.07, 6.45) is 2.16. The Morgan fingerprint density at radius 2 is 1.67 bits per heavy atom. The van der Waals surface area contributed by atoms with Crippen LogP contribution in [0.5, 0.6) is 0 Å². The summed E-state index contributed by atoms with van der Waals surface area (Å²) in [5.74, 6) is 0. The van der Waals surface area contributed by atoms with E-state index in [9.17, 15) is 0 Å². The van der Waals surface area contributed by atoms with Gasteiger partial charge in [0.15, 0.2) is 6.20 Å². The van der Waals surface area contributed by atoms with Crippen molar-refractivity contribution in [2.24, 2.45) is 0 Å². The molecule has 0 bridgehead atoms. The summed E-state index contributed by atoms with van der Waals surface area (Å²) >= 11 is 0. The zero-order valence-electron chi connectivity index (χ0n) is 15.8. The maximum atomic E-state index is 4.86. The molecule has 2 heteroatoms. The number of aromatic nitrogens is 2. The molecule has 0 aliphatic carbocycles. The van der Waals surface area contributed by atoms with Crippen LogP contribution in [-0.4, -0.2) is 4.98 Å². The van der Waals surface area contributed by atoms with E-state index >= 15 is 0 Å². The van der Waals surface area contributed by atoms with Crippen molar-refractivity contribution in [2.45, 2.75) is 53.5 Å². The van der Waals surface area contributed by atoms with Gasteiger partial charge in [-0.3, -0.25) is 0 Å². The largest absolute Gasteiger partial charge is 0.235 e. The minimum Gasteiger partial charge on any atom is -0.235 e. The van der Waals surface area contributed by atoms with Gasteiger partial charge >= 0.3 is 0 Å². The summed E-state index contributed by atoms with van der Waals surface area (Å²) in [4.78, 5) is 4.86. The van der Waals surface area contributed by atoms with Crippen LogP contribution in [0, 0.1) is 0 Å². The highest BCUT2D eigenvalue weighted by molar-refractivity contribution is 5.74. The lowest BCUT2D eigenvalue weighted by Crippen LogP contribution is -2.33. The molecule has 0 unspecified atom stereocenters. The van der Waals surface area contributed by atoms with Gasteiger partial charge in [0.2, 0.25) is 5.52 Å². The first-order chi connectivity index (χ1) is 11.5. The van der Waals surface area contributed by atoms with Gasteiger partial charge in [-0.05, 0) is 30.0 Å². The van der Waals surface area contributed by atoms with Gasteiger partial charge in [0.1, 0.15) is 17.8 Å². The Bertz CT molecular complexity index is 814. The molecule has 3 rings (SSSR count). The maximum absolute atomic E-state index is 4.86. The Labute approximate surface area is 146 Å². The third kappa shape index (κ3) is 3.81. The Hall–Kier alpha value is -2.22. The van der Waals surface area contributed by atoms with E-state index in [-0.39, 0.29) is 5.41 Å². The number of nitrogens with zero attached hydrogens (tertiary/aromatic N) is 2. The van der Waals surface area contributed by atoms with Gasteiger partial charge in [-0.1, -0.05) is 65.0 Å². The van der Waals surface area contributed by atoms with Crippen molar-refractivity contribution in [3.05, 3.63) is 60.3 Å². The number of hydrogen-bond acceptors (Lipinski definition) is 1. The molecular formula is C22H29N2+. The molecule has 0 spiro atoms. The summed E-state index contributed by atoms with van der Waals surface area (Å²) in [7, 11) is 0. The van der Waals surface area contributed by atoms with Crippen molar-refractivity contribution < 1.29 is 4.57 Å². The van der Waals surface area contributed by atoms with Crippen molar-refractivity contribution in [1.29, 1.82) is 0 Å². The van der Waals surface area contributed by atoms with Crippen molar-refractivity contribution in [3.8, 4) is 11.3 Å². The molecule has 0 atom stereocenters. The van der Waals surface area contributed by atoms with Crippen molar-refractivity contribution in [1.82, 2.24) is 4.98 Å². The molecular weight excluding hydrogens is 292 g/mol. The molecule has 0 N–H and O–H groups in total. The second-order valence-electron chi connectivity index (χ2n) is 6.73. The molecule has 1 aromatic heterocycles. The van der Waals surface area contributed by atoms with E-state index in [1.165, 1.54) is 16.6 Å². The van der Waals surface area contributed by atoms with Gasteiger partial charge in [-0.15, -0.1) is 0 Å². The second-order valence-corrected chi connectivity index (χ2v) is 6.73. The van der Waals surface area contributed by atoms with E-state index in [1.807, 2.05) is 19.9 Å². The molecule has 0 radical (unpaired) electrons. The number of rotatable bonds is 2. The van der Waals surface area contributed by atoms with Crippen LogP contribution in [0.2, 0.25) is 0 Å². The van der Waals surface area contributed by atoms with Crippen LogP contribution in [0.3, 0.4) is 0 Å². The fourth-order valence-corrected chi connectivity index (χ4v) is 2.72. The molecule has 0 aliphatic rings. The SMILES string of the molecule is CC.CC[n+]1cc(-c2cccc(C(C)(C)C)c2)nc2ccccc21. The number of hydrogen-bond donors (Lipinski definition) is 0. The number of aryl methyl sites for hydroxylation is 1. The molecule has 0 aliphatic heterocycles. The van der Waals surface area contributed by atoms with E-state index in [1.54, 1.807) is 0 Å². The van der Waals surface area contributed by atoms with E-state index in [2.05, 4.69) is 80.9 Å². The van der Waals surface area contributed by atoms with Gasteiger partial charge in [0, 0.05) is 11.6 Å². The predicted octanol–water partition coefficient (Wildman–Crippen LogP) is 5.53. The fourth-order valence-electron chi connectivity index (χ4n) is 2.72. The monoisotopic (exact) mass is 321 g/mol. The zero-order valence-corrected chi connectivity index (χ0v) is 15.8. The van der Waals surface area contributed by atoms with Gasteiger partial charge < -0.3 is 0 Å². The topological polar surface area (TPSA) is 16.8 Å². The average molecular weight is 321 g/mol. The minimum absolute atomic E-state index is 0.146. The normalized spacial score (nSPS) is 11.1. The third-order valence-corrected chi connectivity index (χ3v) is 4.08. The Morgan fingerprint density at radius 1 is 0.958 bits per heavy atom. The molecule has 24 heavy (non-hydrogen) atoms. The lowest BCUT2D eigenvalue weighted by atomic mass is 9.86. The number of fused-ring (bicyclic) bond motifs is 1. The smallest absolute Gasteiger partial charge is 0.231 e.